The number of nitrogens with two attached hydrogens (primary N) is 1. The fraction of sp³-hybridized carbons (Fsp3) is 0.364. The van der Waals surface area contributed by atoms with Gasteiger partial charge in [-0.05, 0) is 12.8 Å². The number of aromatic nitrogens is 4. The number of nitrogen functional groups attached to an aromatic ring is 1. The third-order valence-electron chi connectivity index (χ3n) is 2.42. The molecule has 0 amide bonds. The topological polar surface area (TPSA) is 69.6 Å². The first-order chi connectivity index (χ1) is 7.52. The van der Waals surface area contributed by atoms with Gasteiger partial charge in [0.1, 0.15) is 17.4 Å². The summed E-state index contributed by atoms with van der Waals surface area (Å²) in [5, 5.41) is 4.48. The molecule has 2 aromatic rings. The predicted octanol–water partition coefficient (Wildman–Crippen LogP) is 2.02. The minimum atomic E-state index is 0.289. The van der Waals surface area contributed by atoms with Crippen LogP contribution in [0.4, 0.5) is 5.82 Å². The smallest absolute Gasteiger partial charge is 0.153 e. The van der Waals surface area contributed by atoms with Crippen molar-refractivity contribution in [1.82, 2.24) is 19.7 Å². The monoisotopic (exact) mass is 217 g/mol. The summed E-state index contributed by atoms with van der Waals surface area (Å²) in [5.74, 6) is 0.727. The van der Waals surface area contributed by atoms with Crippen LogP contribution < -0.4 is 5.73 Å². The molecule has 2 aromatic heterocycles. The molecule has 0 aromatic carbocycles. The van der Waals surface area contributed by atoms with Crippen LogP contribution in [-0.4, -0.2) is 19.7 Å². The maximum atomic E-state index is 5.86. The molecule has 2 heterocycles. The molecule has 2 rings (SSSR count). The second-order valence-corrected chi connectivity index (χ2v) is 4.14. The lowest BCUT2D eigenvalue weighted by molar-refractivity contribution is 0.783. The molecule has 16 heavy (non-hydrogen) atoms. The Bertz CT molecular complexity index is 553. The quantitative estimate of drug-likeness (QED) is 0.835. The van der Waals surface area contributed by atoms with E-state index in [-0.39, 0.29) is 5.92 Å². The molecule has 5 nitrogen and oxygen atoms in total. The molecule has 0 unspecified atom stereocenters. The standard InChI is InChI=1S/C11H15N5/c1-6(2)8-9-10(11(12)14-5-13-9)16(15-8)7(3)4/h5-6H,3H2,1-2,4H3,(H2,12,13,14). The number of hydrogen-bond donors (Lipinski definition) is 1. The molecule has 0 aliphatic heterocycles. The van der Waals surface area contributed by atoms with E-state index in [2.05, 4.69) is 35.5 Å². The number of anilines is 1. The van der Waals surface area contributed by atoms with Crippen molar-refractivity contribution < 1.29 is 0 Å². The van der Waals surface area contributed by atoms with Crippen LogP contribution in [0.25, 0.3) is 16.7 Å². The van der Waals surface area contributed by atoms with Crippen molar-refractivity contribution in [3.05, 3.63) is 18.6 Å². The van der Waals surface area contributed by atoms with Gasteiger partial charge < -0.3 is 5.73 Å². The Morgan fingerprint density at radius 3 is 2.69 bits per heavy atom. The van der Waals surface area contributed by atoms with Gasteiger partial charge in [0, 0.05) is 5.70 Å². The second kappa shape index (κ2) is 3.59. The molecule has 0 bridgehead atoms. The molecular weight excluding hydrogens is 202 g/mol. The molecule has 0 saturated carbocycles. The Hall–Kier alpha value is -1.91. The first-order valence-corrected chi connectivity index (χ1v) is 5.17. The van der Waals surface area contributed by atoms with Gasteiger partial charge in [0.15, 0.2) is 5.82 Å². The van der Waals surface area contributed by atoms with Gasteiger partial charge in [-0.2, -0.15) is 5.10 Å². The zero-order chi connectivity index (χ0) is 11.9. The minimum absolute atomic E-state index is 0.289. The van der Waals surface area contributed by atoms with E-state index in [9.17, 15) is 0 Å². The lowest BCUT2D eigenvalue weighted by Crippen LogP contribution is -2.00. The molecule has 0 spiro atoms. The molecule has 0 aliphatic rings. The second-order valence-electron chi connectivity index (χ2n) is 4.14. The largest absolute Gasteiger partial charge is 0.382 e. The van der Waals surface area contributed by atoms with Crippen LogP contribution in [-0.2, 0) is 0 Å². The third kappa shape index (κ3) is 1.44. The summed E-state index contributed by atoms with van der Waals surface area (Å²) in [7, 11) is 0. The van der Waals surface area contributed by atoms with E-state index >= 15 is 0 Å². The fourth-order valence-electron chi connectivity index (χ4n) is 1.66. The Morgan fingerprint density at radius 1 is 1.44 bits per heavy atom. The average Bonchev–Trinajstić information content (AvgIpc) is 2.58. The maximum absolute atomic E-state index is 5.86. The lowest BCUT2D eigenvalue weighted by Gasteiger charge is -2.01. The molecule has 0 saturated heterocycles. The highest BCUT2D eigenvalue weighted by Gasteiger charge is 2.17. The van der Waals surface area contributed by atoms with Crippen molar-refractivity contribution in [3.8, 4) is 0 Å². The van der Waals surface area contributed by atoms with E-state index in [4.69, 9.17) is 5.73 Å². The average molecular weight is 217 g/mol. The van der Waals surface area contributed by atoms with E-state index in [0.717, 1.165) is 22.4 Å². The Morgan fingerprint density at radius 2 is 2.12 bits per heavy atom. The zero-order valence-corrected chi connectivity index (χ0v) is 9.73. The van der Waals surface area contributed by atoms with Gasteiger partial charge in [-0.3, -0.25) is 0 Å². The van der Waals surface area contributed by atoms with Crippen LogP contribution >= 0.6 is 0 Å². The summed E-state index contributed by atoms with van der Waals surface area (Å²) in [6, 6.07) is 0. The summed E-state index contributed by atoms with van der Waals surface area (Å²) in [6.07, 6.45) is 1.47. The van der Waals surface area contributed by atoms with Gasteiger partial charge >= 0.3 is 0 Å². The number of fused-ring (bicyclic) bond motifs is 1. The van der Waals surface area contributed by atoms with Crippen LogP contribution in [0.2, 0.25) is 0 Å². The first kappa shape index (κ1) is 10.6. The molecule has 0 atom stereocenters. The lowest BCUT2D eigenvalue weighted by atomic mass is 10.1. The van der Waals surface area contributed by atoms with Gasteiger partial charge in [0.25, 0.3) is 0 Å². The molecule has 0 radical (unpaired) electrons. The fourth-order valence-corrected chi connectivity index (χ4v) is 1.66. The Balaban J connectivity index is 2.87. The highest BCUT2D eigenvalue weighted by molar-refractivity contribution is 5.88. The summed E-state index contributed by atoms with van der Waals surface area (Å²) >= 11 is 0. The van der Waals surface area contributed by atoms with Crippen molar-refractivity contribution in [1.29, 1.82) is 0 Å². The van der Waals surface area contributed by atoms with Crippen LogP contribution in [0.15, 0.2) is 12.9 Å². The number of rotatable bonds is 2. The minimum Gasteiger partial charge on any atom is -0.382 e. The van der Waals surface area contributed by atoms with Crippen molar-refractivity contribution in [2.24, 2.45) is 0 Å². The molecule has 2 N–H and O–H groups in total. The summed E-state index contributed by atoms with van der Waals surface area (Å²) in [5.41, 5.74) is 9.14. The highest BCUT2D eigenvalue weighted by Crippen LogP contribution is 2.26. The number of allylic oxidation sites excluding steroid dienone is 1. The molecule has 84 valence electrons. The predicted molar refractivity (Wildman–Crippen MR) is 64.8 cm³/mol. The SMILES string of the molecule is C=C(C)n1nc(C(C)C)c2ncnc(N)c21. The van der Waals surface area contributed by atoms with Crippen molar-refractivity contribution in [3.63, 3.8) is 0 Å². The van der Waals surface area contributed by atoms with Crippen LogP contribution in [0.3, 0.4) is 0 Å². The molecule has 5 heteroatoms. The molecule has 0 fully saturated rings. The van der Waals surface area contributed by atoms with Crippen molar-refractivity contribution >= 4 is 22.5 Å². The maximum Gasteiger partial charge on any atom is 0.153 e. The van der Waals surface area contributed by atoms with Crippen LogP contribution in [0.1, 0.15) is 32.4 Å². The van der Waals surface area contributed by atoms with Crippen molar-refractivity contribution in [2.75, 3.05) is 5.73 Å². The third-order valence-corrected chi connectivity index (χ3v) is 2.42. The van der Waals surface area contributed by atoms with Gasteiger partial charge in [0.05, 0.1) is 5.69 Å². The van der Waals surface area contributed by atoms with E-state index in [1.807, 2.05) is 6.92 Å². The zero-order valence-electron chi connectivity index (χ0n) is 9.73. The van der Waals surface area contributed by atoms with Gasteiger partial charge in [0.2, 0.25) is 0 Å². The summed E-state index contributed by atoms with van der Waals surface area (Å²) in [4.78, 5) is 8.24. The van der Waals surface area contributed by atoms with E-state index in [0.29, 0.717) is 5.82 Å². The van der Waals surface area contributed by atoms with Crippen LogP contribution in [0, 0.1) is 0 Å². The van der Waals surface area contributed by atoms with Gasteiger partial charge in [-0.25, -0.2) is 14.6 Å². The van der Waals surface area contributed by atoms with Crippen molar-refractivity contribution in [2.45, 2.75) is 26.7 Å². The molecular formula is C11H15N5. The Labute approximate surface area is 94.0 Å². The number of hydrogen-bond acceptors (Lipinski definition) is 4. The number of nitrogens with zero attached hydrogens (tertiary/aromatic N) is 4. The van der Waals surface area contributed by atoms with E-state index < -0.39 is 0 Å². The summed E-state index contributed by atoms with van der Waals surface area (Å²) in [6.45, 7) is 9.90. The van der Waals surface area contributed by atoms with Gasteiger partial charge in [-0.1, -0.05) is 20.4 Å². The van der Waals surface area contributed by atoms with E-state index in [1.165, 1.54) is 6.33 Å². The Kier molecular flexibility index (Phi) is 2.38. The normalized spacial score (nSPS) is 11.2. The first-order valence-electron chi connectivity index (χ1n) is 5.17. The molecule has 0 aliphatic carbocycles. The highest BCUT2D eigenvalue weighted by atomic mass is 15.3. The van der Waals surface area contributed by atoms with E-state index in [1.54, 1.807) is 4.68 Å². The van der Waals surface area contributed by atoms with Gasteiger partial charge in [-0.15, -0.1) is 0 Å². The summed E-state index contributed by atoms with van der Waals surface area (Å²) < 4.78 is 1.71. The van der Waals surface area contributed by atoms with Crippen LogP contribution in [0.5, 0.6) is 0 Å².